The van der Waals surface area contributed by atoms with Crippen LogP contribution in [-0.2, 0) is 12.8 Å². The van der Waals surface area contributed by atoms with Crippen molar-refractivity contribution in [2.75, 3.05) is 0 Å². The second kappa shape index (κ2) is 7.49. The predicted octanol–water partition coefficient (Wildman–Crippen LogP) is 5.07. The van der Waals surface area contributed by atoms with Crippen molar-refractivity contribution in [3.05, 3.63) is 34.9 Å². The van der Waals surface area contributed by atoms with Gasteiger partial charge in [-0.05, 0) is 49.3 Å². The first-order valence-electron chi connectivity index (χ1n) is 6.87. The zero-order valence-corrected chi connectivity index (χ0v) is 11.2. The predicted molar refractivity (Wildman–Crippen MR) is 73.0 cm³/mol. The van der Waals surface area contributed by atoms with Gasteiger partial charge in [0.1, 0.15) is 0 Å². The van der Waals surface area contributed by atoms with E-state index in [2.05, 4.69) is 39.0 Å². The second-order valence-corrected chi connectivity index (χ2v) is 4.77. The minimum Gasteiger partial charge on any atom is -0.0654 e. The van der Waals surface area contributed by atoms with Crippen LogP contribution in [0.1, 0.15) is 62.6 Å². The van der Waals surface area contributed by atoms with E-state index in [-0.39, 0.29) is 0 Å². The summed E-state index contributed by atoms with van der Waals surface area (Å²) >= 11 is 0. The highest BCUT2D eigenvalue weighted by molar-refractivity contribution is 5.34. The monoisotopic (exact) mass is 218 g/mol. The van der Waals surface area contributed by atoms with E-state index in [1.54, 1.807) is 11.1 Å². The quantitative estimate of drug-likeness (QED) is 0.560. The molecule has 0 atom stereocenters. The van der Waals surface area contributed by atoms with E-state index < -0.39 is 0 Å². The second-order valence-electron chi connectivity index (χ2n) is 4.77. The summed E-state index contributed by atoms with van der Waals surface area (Å²) in [4.78, 5) is 0. The molecule has 0 nitrogen and oxygen atoms in total. The maximum absolute atomic E-state index is 2.33. The van der Waals surface area contributed by atoms with Crippen molar-refractivity contribution in [3.8, 4) is 0 Å². The molecular formula is C16H26. The molecule has 0 unspecified atom stereocenters. The zero-order chi connectivity index (χ0) is 11.8. The molecule has 0 N–H and O–H groups in total. The summed E-state index contributed by atoms with van der Waals surface area (Å²) in [5, 5.41) is 0. The Kier molecular flexibility index (Phi) is 6.22. The highest BCUT2D eigenvalue weighted by atomic mass is 14.1. The Morgan fingerprint density at radius 2 is 1.62 bits per heavy atom. The van der Waals surface area contributed by atoms with Crippen molar-refractivity contribution in [1.82, 2.24) is 0 Å². The van der Waals surface area contributed by atoms with E-state index in [0.717, 1.165) is 0 Å². The molecule has 1 rings (SSSR count). The number of hydrogen-bond acceptors (Lipinski definition) is 0. The number of aryl methyl sites for hydroxylation is 2. The van der Waals surface area contributed by atoms with E-state index in [4.69, 9.17) is 0 Å². The lowest BCUT2D eigenvalue weighted by Gasteiger charge is -2.12. The lowest BCUT2D eigenvalue weighted by atomic mass is 9.94. The minimum absolute atomic E-state index is 1.27. The van der Waals surface area contributed by atoms with Gasteiger partial charge in [0.05, 0.1) is 0 Å². The highest BCUT2D eigenvalue weighted by Crippen LogP contribution is 2.19. The largest absolute Gasteiger partial charge is 0.0654 e. The van der Waals surface area contributed by atoms with Gasteiger partial charge in [0.25, 0.3) is 0 Å². The van der Waals surface area contributed by atoms with Gasteiger partial charge in [-0.25, -0.2) is 0 Å². The fourth-order valence-electron chi connectivity index (χ4n) is 2.27. The Morgan fingerprint density at radius 3 is 2.31 bits per heavy atom. The molecule has 1 aromatic rings. The highest BCUT2D eigenvalue weighted by Gasteiger charge is 2.04. The summed E-state index contributed by atoms with van der Waals surface area (Å²) in [5.41, 5.74) is 4.71. The van der Waals surface area contributed by atoms with Crippen molar-refractivity contribution in [3.63, 3.8) is 0 Å². The molecule has 90 valence electrons. The summed E-state index contributed by atoms with van der Waals surface area (Å²) in [5.74, 6) is 0. The molecule has 0 saturated carbocycles. The van der Waals surface area contributed by atoms with E-state index in [1.807, 2.05) is 0 Å². The SMILES string of the molecule is CCCCCc1cccc(C)c1CCCC. The molecule has 0 aliphatic heterocycles. The Morgan fingerprint density at radius 1 is 0.875 bits per heavy atom. The Labute approximate surface area is 101 Å². The van der Waals surface area contributed by atoms with Gasteiger partial charge >= 0.3 is 0 Å². The van der Waals surface area contributed by atoms with E-state index in [0.29, 0.717) is 0 Å². The number of rotatable bonds is 7. The van der Waals surface area contributed by atoms with Crippen LogP contribution in [0.25, 0.3) is 0 Å². The molecule has 0 fully saturated rings. The summed E-state index contributed by atoms with van der Waals surface area (Å²) in [6.07, 6.45) is 9.18. The molecule has 0 bridgehead atoms. The summed E-state index contributed by atoms with van der Waals surface area (Å²) in [6.45, 7) is 6.80. The normalized spacial score (nSPS) is 10.7. The van der Waals surface area contributed by atoms with Crippen LogP contribution in [0.2, 0.25) is 0 Å². The fourth-order valence-corrected chi connectivity index (χ4v) is 2.27. The smallest absolute Gasteiger partial charge is 0.0274 e. The summed E-state index contributed by atoms with van der Waals surface area (Å²) < 4.78 is 0. The van der Waals surface area contributed by atoms with Crippen molar-refractivity contribution in [2.45, 2.75) is 65.7 Å². The van der Waals surface area contributed by atoms with Crippen LogP contribution in [0.4, 0.5) is 0 Å². The van der Waals surface area contributed by atoms with E-state index in [1.165, 1.54) is 50.5 Å². The van der Waals surface area contributed by atoms with Crippen LogP contribution in [0.3, 0.4) is 0 Å². The van der Waals surface area contributed by atoms with Gasteiger partial charge in [-0.2, -0.15) is 0 Å². The molecule has 0 amide bonds. The average molecular weight is 218 g/mol. The lowest BCUT2D eigenvalue weighted by molar-refractivity contribution is 0.706. The van der Waals surface area contributed by atoms with Crippen molar-refractivity contribution < 1.29 is 0 Å². The third-order valence-electron chi connectivity index (χ3n) is 3.34. The van der Waals surface area contributed by atoms with Crippen LogP contribution in [-0.4, -0.2) is 0 Å². The average Bonchev–Trinajstić information content (AvgIpc) is 2.28. The van der Waals surface area contributed by atoms with Gasteiger partial charge < -0.3 is 0 Å². The minimum atomic E-state index is 1.27. The number of benzene rings is 1. The van der Waals surface area contributed by atoms with Crippen LogP contribution in [0.15, 0.2) is 18.2 Å². The molecule has 0 radical (unpaired) electrons. The molecule has 0 aliphatic rings. The third-order valence-corrected chi connectivity index (χ3v) is 3.34. The van der Waals surface area contributed by atoms with Gasteiger partial charge in [0, 0.05) is 0 Å². The molecule has 0 saturated heterocycles. The molecule has 0 aromatic heterocycles. The van der Waals surface area contributed by atoms with Gasteiger partial charge in [0.2, 0.25) is 0 Å². The molecule has 0 spiro atoms. The van der Waals surface area contributed by atoms with Crippen LogP contribution in [0, 0.1) is 6.92 Å². The molecule has 16 heavy (non-hydrogen) atoms. The summed E-state index contributed by atoms with van der Waals surface area (Å²) in [6, 6.07) is 6.80. The Balaban J connectivity index is 2.68. The van der Waals surface area contributed by atoms with Gasteiger partial charge in [0.15, 0.2) is 0 Å². The standard InChI is InChI=1S/C16H26/c1-4-6-8-11-15-12-9-10-14(3)16(15)13-7-5-2/h9-10,12H,4-8,11,13H2,1-3H3. The number of unbranched alkanes of at least 4 members (excludes halogenated alkanes) is 3. The van der Waals surface area contributed by atoms with Crippen LogP contribution in [0.5, 0.6) is 0 Å². The van der Waals surface area contributed by atoms with Crippen molar-refractivity contribution >= 4 is 0 Å². The van der Waals surface area contributed by atoms with E-state index in [9.17, 15) is 0 Å². The zero-order valence-electron chi connectivity index (χ0n) is 11.2. The van der Waals surface area contributed by atoms with Crippen LogP contribution < -0.4 is 0 Å². The van der Waals surface area contributed by atoms with E-state index >= 15 is 0 Å². The summed E-state index contributed by atoms with van der Waals surface area (Å²) in [7, 11) is 0. The molecule has 0 heteroatoms. The molecule has 1 aromatic carbocycles. The first kappa shape index (κ1) is 13.3. The molecular weight excluding hydrogens is 192 g/mol. The lowest BCUT2D eigenvalue weighted by Crippen LogP contribution is -1.98. The fraction of sp³-hybridized carbons (Fsp3) is 0.625. The number of hydrogen-bond donors (Lipinski definition) is 0. The van der Waals surface area contributed by atoms with Crippen molar-refractivity contribution in [1.29, 1.82) is 0 Å². The molecule has 0 aliphatic carbocycles. The van der Waals surface area contributed by atoms with Gasteiger partial charge in [-0.3, -0.25) is 0 Å². The maximum atomic E-state index is 2.33. The third kappa shape index (κ3) is 4.00. The first-order valence-corrected chi connectivity index (χ1v) is 6.87. The van der Waals surface area contributed by atoms with Crippen molar-refractivity contribution in [2.24, 2.45) is 0 Å². The molecule has 0 heterocycles. The Bertz CT molecular complexity index is 299. The Hall–Kier alpha value is -0.780. The van der Waals surface area contributed by atoms with Crippen LogP contribution >= 0.6 is 0 Å². The van der Waals surface area contributed by atoms with Gasteiger partial charge in [-0.15, -0.1) is 0 Å². The van der Waals surface area contributed by atoms with Gasteiger partial charge in [-0.1, -0.05) is 51.3 Å². The maximum Gasteiger partial charge on any atom is -0.0274 e. The first-order chi connectivity index (χ1) is 7.79. The topological polar surface area (TPSA) is 0 Å².